The van der Waals surface area contributed by atoms with Gasteiger partial charge in [0.1, 0.15) is 0 Å². The monoisotopic (exact) mass is 367 g/mol. The van der Waals surface area contributed by atoms with E-state index in [0.29, 0.717) is 6.42 Å². The van der Waals surface area contributed by atoms with Gasteiger partial charge in [-0.25, -0.2) is 0 Å². The normalized spacial score (nSPS) is 10.1. The molecule has 0 saturated heterocycles. The molecule has 0 aliphatic heterocycles. The van der Waals surface area contributed by atoms with Crippen LogP contribution in [-0.4, -0.2) is 5.91 Å². The molecule has 2 nitrogen and oxygen atoms in total. The van der Waals surface area contributed by atoms with Crippen molar-refractivity contribution < 1.29 is 4.79 Å². The highest BCUT2D eigenvalue weighted by Gasteiger charge is 2.06. The summed E-state index contributed by atoms with van der Waals surface area (Å²) in [5.74, 6) is -0.0239. The molecule has 0 aliphatic carbocycles. The summed E-state index contributed by atoms with van der Waals surface area (Å²) in [7, 11) is 0. The topological polar surface area (TPSA) is 29.1 Å². The third-order valence-corrected chi connectivity index (χ3v) is 3.56. The summed E-state index contributed by atoms with van der Waals surface area (Å²) >= 11 is 6.79. The Bertz CT molecular complexity index is 555. The molecule has 2 rings (SSSR count). The predicted octanol–water partition coefficient (Wildman–Crippen LogP) is 4.39. The zero-order valence-electron chi connectivity index (χ0n) is 9.49. The molecule has 0 aromatic heterocycles. The van der Waals surface area contributed by atoms with Crippen LogP contribution >= 0.6 is 31.9 Å². The zero-order chi connectivity index (χ0) is 13.0. The second kappa shape index (κ2) is 6.16. The van der Waals surface area contributed by atoms with Crippen LogP contribution < -0.4 is 5.32 Å². The Hall–Kier alpha value is -1.13. The minimum absolute atomic E-state index is 0.0239. The maximum absolute atomic E-state index is 11.9. The number of anilines is 1. The molecule has 0 saturated carbocycles. The molecule has 92 valence electrons. The molecular formula is C14H11Br2NO. The van der Waals surface area contributed by atoms with E-state index in [1.54, 1.807) is 0 Å². The number of hydrogen-bond acceptors (Lipinski definition) is 1. The summed E-state index contributed by atoms with van der Waals surface area (Å²) in [6.45, 7) is 0. The minimum Gasteiger partial charge on any atom is -0.325 e. The molecule has 2 aromatic rings. The van der Waals surface area contributed by atoms with Crippen molar-refractivity contribution >= 4 is 43.5 Å². The summed E-state index contributed by atoms with van der Waals surface area (Å²) in [4.78, 5) is 11.9. The average molecular weight is 369 g/mol. The van der Waals surface area contributed by atoms with Gasteiger partial charge in [-0.15, -0.1) is 0 Å². The van der Waals surface area contributed by atoms with Crippen molar-refractivity contribution in [2.75, 3.05) is 5.32 Å². The van der Waals surface area contributed by atoms with Gasteiger partial charge in [0, 0.05) is 8.95 Å². The number of carbonyl (C=O) groups excluding carboxylic acids is 1. The first-order chi connectivity index (χ1) is 8.65. The van der Waals surface area contributed by atoms with Gasteiger partial charge in [0.15, 0.2) is 0 Å². The van der Waals surface area contributed by atoms with E-state index in [1.165, 1.54) is 0 Å². The summed E-state index contributed by atoms with van der Waals surface area (Å²) in [5.41, 5.74) is 1.78. The van der Waals surface area contributed by atoms with Crippen molar-refractivity contribution in [1.29, 1.82) is 0 Å². The fraction of sp³-hybridized carbons (Fsp3) is 0.0714. The van der Waals surface area contributed by atoms with Gasteiger partial charge in [0.2, 0.25) is 5.91 Å². The van der Waals surface area contributed by atoms with E-state index in [2.05, 4.69) is 37.2 Å². The fourth-order valence-electron chi connectivity index (χ4n) is 1.57. The van der Waals surface area contributed by atoms with Crippen LogP contribution in [0, 0.1) is 0 Å². The zero-order valence-corrected chi connectivity index (χ0v) is 12.7. The molecule has 0 aliphatic rings. The Labute approximate surface area is 123 Å². The third kappa shape index (κ3) is 3.68. The van der Waals surface area contributed by atoms with E-state index < -0.39 is 0 Å². The summed E-state index contributed by atoms with van der Waals surface area (Å²) in [5, 5.41) is 2.88. The van der Waals surface area contributed by atoms with Gasteiger partial charge in [-0.05, 0) is 39.7 Å². The van der Waals surface area contributed by atoms with Crippen LogP contribution in [0.5, 0.6) is 0 Å². The second-order valence-electron chi connectivity index (χ2n) is 3.83. The largest absolute Gasteiger partial charge is 0.325 e. The lowest BCUT2D eigenvalue weighted by Crippen LogP contribution is -2.14. The van der Waals surface area contributed by atoms with E-state index in [4.69, 9.17) is 0 Å². The molecule has 0 radical (unpaired) electrons. The van der Waals surface area contributed by atoms with Crippen molar-refractivity contribution in [3.05, 3.63) is 63.0 Å². The van der Waals surface area contributed by atoms with Crippen LogP contribution in [0.1, 0.15) is 5.56 Å². The molecule has 4 heteroatoms. The van der Waals surface area contributed by atoms with Crippen molar-refractivity contribution in [2.45, 2.75) is 6.42 Å². The molecule has 1 N–H and O–H groups in total. The summed E-state index contributed by atoms with van der Waals surface area (Å²) in [6, 6.07) is 15.3. The molecule has 0 spiro atoms. The van der Waals surface area contributed by atoms with Crippen LogP contribution in [-0.2, 0) is 11.2 Å². The average Bonchev–Trinajstić information content (AvgIpc) is 2.34. The first kappa shape index (κ1) is 13.3. The van der Waals surface area contributed by atoms with Crippen molar-refractivity contribution in [2.24, 2.45) is 0 Å². The van der Waals surface area contributed by atoms with Gasteiger partial charge in [-0.3, -0.25) is 4.79 Å². The van der Waals surface area contributed by atoms with Gasteiger partial charge in [0.05, 0.1) is 12.1 Å². The number of amides is 1. The molecule has 0 heterocycles. The van der Waals surface area contributed by atoms with Crippen LogP contribution in [0.4, 0.5) is 5.69 Å². The minimum atomic E-state index is -0.0239. The lowest BCUT2D eigenvalue weighted by molar-refractivity contribution is -0.115. The van der Waals surface area contributed by atoms with E-state index in [0.717, 1.165) is 20.2 Å². The molecule has 2 aromatic carbocycles. The lowest BCUT2D eigenvalue weighted by atomic mass is 10.1. The molecule has 18 heavy (non-hydrogen) atoms. The summed E-state index contributed by atoms with van der Waals surface area (Å²) in [6.07, 6.45) is 0.378. The van der Waals surface area contributed by atoms with Crippen molar-refractivity contribution in [3.8, 4) is 0 Å². The van der Waals surface area contributed by atoms with Gasteiger partial charge in [0.25, 0.3) is 0 Å². The number of rotatable bonds is 3. The van der Waals surface area contributed by atoms with Crippen LogP contribution in [0.2, 0.25) is 0 Å². The van der Waals surface area contributed by atoms with Gasteiger partial charge in [-0.1, -0.05) is 46.3 Å². The highest BCUT2D eigenvalue weighted by atomic mass is 79.9. The molecule has 0 atom stereocenters. The maximum Gasteiger partial charge on any atom is 0.228 e. The third-order valence-electron chi connectivity index (χ3n) is 2.41. The highest BCUT2D eigenvalue weighted by Crippen LogP contribution is 2.26. The van der Waals surface area contributed by atoms with Crippen molar-refractivity contribution in [1.82, 2.24) is 0 Å². The smallest absolute Gasteiger partial charge is 0.228 e. The van der Waals surface area contributed by atoms with E-state index >= 15 is 0 Å². The first-order valence-electron chi connectivity index (χ1n) is 5.44. The number of hydrogen-bond donors (Lipinski definition) is 1. The van der Waals surface area contributed by atoms with Gasteiger partial charge < -0.3 is 5.32 Å². The van der Waals surface area contributed by atoms with Gasteiger partial charge in [-0.2, -0.15) is 0 Å². The SMILES string of the molecule is O=C(Cc1ccccc1)Nc1ccc(Br)cc1Br. The Morgan fingerprint density at radius 3 is 2.44 bits per heavy atom. The van der Waals surface area contributed by atoms with Crippen LogP contribution in [0.15, 0.2) is 57.5 Å². The Balaban J connectivity index is 2.03. The fourth-order valence-corrected chi connectivity index (χ4v) is 2.71. The second-order valence-corrected chi connectivity index (χ2v) is 5.60. The predicted molar refractivity (Wildman–Crippen MR) is 80.6 cm³/mol. The highest BCUT2D eigenvalue weighted by molar-refractivity contribution is 9.11. The molecule has 0 unspecified atom stereocenters. The number of halogens is 2. The Kier molecular flexibility index (Phi) is 4.55. The lowest BCUT2D eigenvalue weighted by Gasteiger charge is -2.07. The van der Waals surface area contributed by atoms with E-state index in [1.807, 2.05) is 48.5 Å². The summed E-state index contributed by atoms with van der Waals surface area (Å²) < 4.78 is 1.83. The number of carbonyl (C=O) groups is 1. The number of nitrogens with one attached hydrogen (secondary N) is 1. The molecule has 0 fully saturated rings. The van der Waals surface area contributed by atoms with E-state index in [9.17, 15) is 4.79 Å². The Morgan fingerprint density at radius 1 is 1.06 bits per heavy atom. The van der Waals surface area contributed by atoms with E-state index in [-0.39, 0.29) is 5.91 Å². The van der Waals surface area contributed by atoms with Crippen molar-refractivity contribution in [3.63, 3.8) is 0 Å². The maximum atomic E-state index is 11.9. The standard InChI is InChI=1S/C14H11Br2NO/c15-11-6-7-13(12(16)9-11)17-14(18)8-10-4-2-1-3-5-10/h1-7,9H,8H2,(H,17,18). The molecular weight excluding hydrogens is 358 g/mol. The molecule has 0 bridgehead atoms. The first-order valence-corrected chi connectivity index (χ1v) is 7.02. The van der Waals surface area contributed by atoms with Crippen LogP contribution in [0.3, 0.4) is 0 Å². The van der Waals surface area contributed by atoms with Gasteiger partial charge >= 0.3 is 0 Å². The van der Waals surface area contributed by atoms with Crippen LogP contribution in [0.25, 0.3) is 0 Å². The molecule has 1 amide bonds. The Morgan fingerprint density at radius 2 is 1.78 bits per heavy atom. The number of benzene rings is 2. The quantitative estimate of drug-likeness (QED) is 0.854.